The summed E-state index contributed by atoms with van der Waals surface area (Å²) in [5.74, 6) is 0. The van der Waals surface area contributed by atoms with Crippen LogP contribution in [-0.2, 0) is 18.1 Å². The van der Waals surface area contributed by atoms with Gasteiger partial charge in [0.1, 0.15) is 0 Å². The predicted octanol–water partition coefficient (Wildman–Crippen LogP) is 3.46. The van der Waals surface area contributed by atoms with Gasteiger partial charge in [-0.05, 0) is 25.4 Å². The second-order valence-electron chi connectivity index (χ2n) is 1.79. The number of rotatable bonds is 6. The van der Waals surface area contributed by atoms with Crippen molar-refractivity contribution in [1.82, 2.24) is 0 Å². The lowest BCUT2D eigenvalue weighted by atomic mass is 10.9. The maximum absolute atomic E-state index is 11.5. The van der Waals surface area contributed by atoms with Gasteiger partial charge in [0, 0.05) is 0 Å². The van der Waals surface area contributed by atoms with Crippen molar-refractivity contribution in [2.75, 3.05) is 13.2 Å². The third-order valence-corrected chi connectivity index (χ3v) is 3.03. The summed E-state index contributed by atoms with van der Waals surface area (Å²) in [6.45, 7) is 3.72. The SMILES string of the molecule is CCOP(=O)(OCC)O/C(Cl)=C/Cl. The van der Waals surface area contributed by atoms with E-state index in [1.54, 1.807) is 13.8 Å². The molecule has 0 atom stereocenters. The van der Waals surface area contributed by atoms with Gasteiger partial charge < -0.3 is 4.52 Å². The summed E-state index contributed by atoms with van der Waals surface area (Å²) in [6.07, 6.45) is 0. The van der Waals surface area contributed by atoms with Gasteiger partial charge in [-0.3, -0.25) is 9.05 Å². The van der Waals surface area contributed by atoms with Crippen LogP contribution in [0.4, 0.5) is 0 Å². The van der Waals surface area contributed by atoms with E-state index in [1.807, 2.05) is 0 Å². The van der Waals surface area contributed by atoms with Gasteiger partial charge in [0.05, 0.1) is 18.7 Å². The Morgan fingerprint density at radius 2 is 1.85 bits per heavy atom. The quantitative estimate of drug-likeness (QED) is 0.534. The Bertz CT molecular complexity index is 209. The van der Waals surface area contributed by atoms with Crippen LogP contribution in [-0.4, -0.2) is 13.2 Å². The number of hydrogen-bond donors (Lipinski definition) is 0. The van der Waals surface area contributed by atoms with Crippen LogP contribution in [0.5, 0.6) is 0 Å². The summed E-state index contributed by atoms with van der Waals surface area (Å²) in [5.41, 5.74) is 0.937. The van der Waals surface area contributed by atoms with Crippen molar-refractivity contribution in [3.63, 3.8) is 0 Å². The fourth-order valence-corrected chi connectivity index (χ4v) is 1.97. The second-order valence-corrected chi connectivity index (χ2v) is 3.97. The van der Waals surface area contributed by atoms with Gasteiger partial charge in [-0.1, -0.05) is 11.6 Å². The van der Waals surface area contributed by atoms with Crippen LogP contribution in [0.25, 0.3) is 0 Å². The molecular weight excluding hydrogens is 238 g/mol. The molecule has 4 nitrogen and oxygen atoms in total. The predicted molar refractivity (Wildman–Crippen MR) is 51.7 cm³/mol. The highest BCUT2D eigenvalue weighted by Gasteiger charge is 2.27. The summed E-state index contributed by atoms with van der Waals surface area (Å²) in [5, 5.41) is -0.230. The van der Waals surface area contributed by atoms with Crippen molar-refractivity contribution in [2.45, 2.75) is 13.8 Å². The van der Waals surface area contributed by atoms with Gasteiger partial charge >= 0.3 is 7.82 Å². The van der Waals surface area contributed by atoms with E-state index in [1.165, 1.54) is 0 Å². The van der Waals surface area contributed by atoms with E-state index in [0.29, 0.717) is 0 Å². The molecule has 0 aromatic heterocycles. The molecule has 0 saturated heterocycles. The van der Waals surface area contributed by atoms with Crippen molar-refractivity contribution in [3.8, 4) is 0 Å². The second kappa shape index (κ2) is 6.68. The van der Waals surface area contributed by atoms with E-state index >= 15 is 0 Å². The summed E-state index contributed by atoms with van der Waals surface area (Å²) in [7, 11) is -3.58. The molecule has 0 radical (unpaired) electrons. The van der Waals surface area contributed by atoms with Gasteiger partial charge in [0.15, 0.2) is 0 Å². The summed E-state index contributed by atoms with van der Waals surface area (Å²) in [6, 6.07) is 0. The molecular formula is C6H11Cl2O4P. The zero-order valence-corrected chi connectivity index (χ0v) is 9.73. The van der Waals surface area contributed by atoms with Crippen molar-refractivity contribution >= 4 is 31.0 Å². The third-order valence-electron chi connectivity index (χ3n) is 0.859. The monoisotopic (exact) mass is 248 g/mol. The maximum Gasteiger partial charge on any atom is 0.530 e. The fraction of sp³-hybridized carbons (Fsp3) is 0.667. The third kappa shape index (κ3) is 5.55. The van der Waals surface area contributed by atoms with Gasteiger partial charge in [0.2, 0.25) is 5.22 Å². The number of hydrogen-bond acceptors (Lipinski definition) is 4. The van der Waals surface area contributed by atoms with E-state index in [-0.39, 0.29) is 18.4 Å². The number of phosphoric ester groups is 1. The minimum absolute atomic E-state index is 0.198. The smallest absolute Gasteiger partial charge is 0.391 e. The van der Waals surface area contributed by atoms with Crippen LogP contribution in [0.3, 0.4) is 0 Å². The average Bonchev–Trinajstić information content (AvgIpc) is 2.04. The fourth-order valence-electron chi connectivity index (χ4n) is 0.533. The van der Waals surface area contributed by atoms with Gasteiger partial charge in [-0.15, -0.1) is 0 Å². The average molecular weight is 249 g/mol. The van der Waals surface area contributed by atoms with E-state index in [4.69, 9.17) is 32.2 Å². The molecule has 0 amide bonds. The van der Waals surface area contributed by atoms with Gasteiger partial charge in [0.25, 0.3) is 0 Å². The molecule has 0 heterocycles. The Hall–Kier alpha value is 0.270. The molecule has 0 aliphatic heterocycles. The molecule has 0 unspecified atom stereocenters. The first-order valence-corrected chi connectivity index (χ1v) is 5.90. The topological polar surface area (TPSA) is 44.8 Å². The van der Waals surface area contributed by atoms with Crippen molar-refractivity contribution < 1.29 is 18.1 Å². The molecule has 0 aromatic rings. The Morgan fingerprint density at radius 1 is 1.38 bits per heavy atom. The van der Waals surface area contributed by atoms with E-state index in [9.17, 15) is 4.57 Å². The van der Waals surface area contributed by atoms with Crippen molar-refractivity contribution in [3.05, 3.63) is 10.8 Å². The molecule has 0 bridgehead atoms. The Kier molecular flexibility index (Phi) is 6.82. The summed E-state index contributed by atoms with van der Waals surface area (Å²) < 4.78 is 25.7. The lowest BCUT2D eigenvalue weighted by Crippen LogP contribution is -1.98. The first kappa shape index (κ1) is 13.3. The molecule has 0 rings (SSSR count). The van der Waals surface area contributed by atoms with Crippen LogP contribution in [0.2, 0.25) is 0 Å². The zero-order chi connectivity index (χ0) is 10.3. The lowest BCUT2D eigenvalue weighted by Gasteiger charge is -2.15. The van der Waals surface area contributed by atoms with E-state index < -0.39 is 7.82 Å². The minimum atomic E-state index is -3.58. The normalized spacial score (nSPS) is 13.1. The molecule has 0 N–H and O–H groups in total. The number of phosphoric acid groups is 1. The van der Waals surface area contributed by atoms with Crippen LogP contribution in [0.1, 0.15) is 13.8 Å². The zero-order valence-electron chi connectivity index (χ0n) is 7.33. The lowest BCUT2D eigenvalue weighted by molar-refractivity contribution is 0.151. The molecule has 0 fully saturated rings. The van der Waals surface area contributed by atoms with E-state index in [2.05, 4.69) is 4.52 Å². The molecule has 0 aliphatic carbocycles. The molecule has 0 aliphatic rings. The van der Waals surface area contributed by atoms with Crippen LogP contribution >= 0.6 is 31.0 Å². The van der Waals surface area contributed by atoms with Crippen LogP contribution in [0.15, 0.2) is 10.8 Å². The Labute approximate surface area is 87.4 Å². The minimum Gasteiger partial charge on any atom is -0.391 e. The van der Waals surface area contributed by atoms with Crippen molar-refractivity contribution in [1.29, 1.82) is 0 Å². The first-order chi connectivity index (χ1) is 6.08. The van der Waals surface area contributed by atoms with Gasteiger partial charge in [-0.2, -0.15) is 0 Å². The number of halogens is 2. The van der Waals surface area contributed by atoms with Gasteiger partial charge in [-0.25, -0.2) is 4.57 Å². The molecule has 7 heteroatoms. The maximum atomic E-state index is 11.5. The molecule has 78 valence electrons. The van der Waals surface area contributed by atoms with Crippen LogP contribution in [0, 0.1) is 0 Å². The molecule has 0 spiro atoms. The molecule has 13 heavy (non-hydrogen) atoms. The van der Waals surface area contributed by atoms with Crippen LogP contribution < -0.4 is 0 Å². The van der Waals surface area contributed by atoms with Crippen molar-refractivity contribution in [2.24, 2.45) is 0 Å². The largest absolute Gasteiger partial charge is 0.530 e. The Balaban J connectivity index is 4.32. The highest BCUT2D eigenvalue weighted by Crippen LogP contribution is 2.51. The van der Waals surface area contributed by atoms with E-state index in [0.717, 1.165) is 5.54 Å². The summed E-state index contributed by atoms with van der Waals surface area (Å²) >= 11 is 10.6. The highest BCUT2D eigenvalue weighted by atomic mass is 35.5. The summed E-state index contributed by atoms with van der Waals surface area (Å²) in [4.78, 5) is 0. The Morgan fingerprint density at radius 3 is 2.15 bits per heavy atom. The first-order valence-electron chi connectivity index (χ1n) is 3.62. The molecule has 0 aromatic carbocycles. The molecule has 0 saturated carbocycles. The standard InChI is InChI=1S/C6H11Cl2O4P/c1-3-10-13(9,11-4-2)12-6(8)5-7/h5H,3-4H2,1-2H3/b6-5+. The highest BCUT2D eigenvalue weighted by molar-refractivity contribution is 7.48.